The SMILES string of the molecule is O=C=C(Cc1ccccc1)NC(=O)CNC(=O)CNC(=O)COCCOCCOCCOCCOCCOCCOCCOCCNC(=O)CCCCCN(C=O)CO. The number of carbonyl (C=O) groups is 5. The lowest BCUT2D eigenvalue weighted by Gasteiger charge is -2.12. The van der Waals surface area contributed by atoms with Crippen molar-refractivity contribution in [2.75, 3.05) is 139 Å². The summed E-state index contributed by atoms with van der Waals surface area (Å²) in [6.45, 7) is 5.35. The second-order valence-corrected chi connectivity index (χ2v) is 12.4. The summed E-state index contributed by atoms with van der Waals surface area (Å²) in [6, 6.07) is 9.06. The Kier molecular flexibility index (Phi) is 34.9. The molecule has 1 aromatic carbocycles. The van der Waals surface area contributed by atoms with E-state index in [2.05, 4.69) is 21.3 Å². The van der Waals surface area contributed by atoms with Crippen LogP contribution in [-0.4, -0.2) is 185 Å². The van der Waals surface area contributed by atoms with Crippen molar-refractivity contribution in [3.63, 3.8) is 0 Å². The van der Waals surface area contributed by atoms with Gasteiger partial charge in [-0.3, -0.25) is 24.0 Å². The Morgan fingerprint density at radius 2 is 1.08 bits per heavy atom. The van der Waals surface area contributed by atoms with Gasteiger partial charge in [0.25, 0.3) is 0 Å². The number of aliphatic hydroxyl groups excluding tert-OH is 1. The summed E-state index contributed by atoms with van der Waals surface area (Å²) in [5.74, 6) is -0.0337. The highest BCUT2D eigenvalue weighted by Crippen LogP contribution is 2.03. The van der Waals surface area contributed by atoms with E-state index in [1.54, 1.807) is 18.1 Å². The average Bonchev–Trinajstić information content (AvgIpc) is 3.24. The maximum absolute atomic E-state index is 12.0. The van der Waals surface area contributed by atoms with E-state index in [4.69, 9.17) is 43.0 Å². The zero-order valence-electron chi connectivity index (χ0n) is 34.0. The normalized spacial score (nSPS) is 10.7. The predicted octanol–water partition coefficient (Wildman–Crippen LogP) is -1.49. The lowest BCUT2D eigenvalue weighted by molar-refractivity contribution is -0.130. The third-order valence-corrected chi connectivity index (χ3v) is 7.62. The first-order valence-electron chi connectivity index (χ1n) is 19.7. The van der Waals surface area contributed by atoms with Crippen LogP contribution in [0.2, 0.25) is 0 Å². The molecule has 0 heterocycles. The third-order valence-electron chi connectivity index (χ3n) is 7.62. The van der Waals surface area contributed by atoms with E-state index in [1.807, 2.05) is 18.2 Å². The van der Waals surface area contributed by atoms with Crippen molar-refractivity contribution in [3.8, 4) is 0 Å². The molecule has 0 saturated heterocycles. The molecule has 334 valence electrons. The van der Waals surface area contributed by atoms with Gasteiger partial charge in [0.15, 0.2) is 0 Å². The minimum atomic E-state index is -0.591. The largest absolute Gasteiger partial charge is 0.377 e. The van der Waals surface area contributed by atoms with Crippen molar-refractivity contribution in [1.82, 2.24) is 26.2 Å². The zero-order chi connectivity index (χ0) is 42.9. The Morgan fingerprint density at radius 1 is 0.593 bits per heavy atom. The highest BCUT2D eigenvalue weighted by molar-refractivity contribution is 5.89. The second-order valence-electron chi connectivity index (χ2n) is 12.4. The summed E-state index contributed by atoms with van der Waals surface area (Å²) in [5.41, 5.74) is 0.869. The Balaban J connectivity index is 1.77. The van der Waals surface area contributed by atoms with Gasteiger partial charge in [-0.25, -0.2) is 4.79 Å². The summed E-state index contributed by atoms with van der Waals surface area (Å²) < 4.78 is 43.3. The molecule has 0 aliphatic rings. The molecule has 20 heteroatoms. The monoisotopic (exact) mass is 841 g/mol. The number of unbranched alkanes of at least 4 members (excludes halogenated alkanes) is 2. The van der Waals surface area contributed by atoms with Crippen LogP contribution in [-0.2, 0) is 73.1 Å². The van der Waals surface area contributed by atoms with Crippen LogP contribution in [0.1, 0.15) is 31.2 Å². The van der Waals surface area contributed by atoms with Crippen LogP contribution < -0.4 is 21.3 Å². The van der Waals surface area contributed by atoms with Crippen molar-refractivity contribution in [3.05, 3.63) is 41.6 Å². The maximum atomic E-state index is 12.0. The molecule has 0 aromatic heterocycles. The first kappa shape index (κ1) is 52.7. The molecule has 5 N–H and O–H groups in total. The summed E-state index contributed by atoms with van der Waals surface area (Å²) in [7, 11) is 0. The van der Waals surface area contributed by atoms with Gasteiger partial charge in [0.2, 0.25) is 30.0 Å². The number of ether oxygens (including phenoxy) is 8. The average molecular weight is 842 g/mol. The molecule has 0 atom stereocenters. The summed E-state index contributed by atoms with van der Waals surface area (Å²) in [4.78, 5) is 70.7. The van der Waals surface area contributed by atoms with Crippen LogP contribution in [0.3, 0.4) is 0 Å². The van der Waals surface area contributed by atoms with Crippen molar-refractivity contribution >= 4 is 36.0 Å². The highest BCUT2D eigenvalue weighted by atomic mass is 16.6. The molecular formula is C39H63N5O15. The van der Waals surface area contributed by atoms with E-state index in [9.17, 15) is 28.8 Å². The first-order valence-corrected chi connectivity index (χ1v) is 19.7. The van der Waals surface area contributed by atoms with E-state index in [0.717, 1.165) is 24.8 Å². The zero-order valence-corrected chi connectivity index (χ0v) is 34.0. The summed E-state index contributed by atoms with van der Waals surface area (Å²) in [5, 5.41) is 18.9. The topological polar surface area (TPSA) is 248 Å². The van der Waals surface area contributed by atoms with Crippen molar-refractivity contribution in [2.24, 2.45) is 0 Å². The summed E-state index contributed by atoms with van der Waals surface area (Å²) >= 11 is 0. The number of nitrogens with zero attached hydrogens (tertiary/aromatic N) is 1. The van der Waals surface area contributed by atoms with Gasteiger partial charge < -0.3 is 69.2 Å². The van der Waals surface area contributed by atoms with Crippen molar-refractivity contribution in [2.45, 2.75) is 32.1 Å². The minimum absolute atomic E-state index is 0.0420. The van der Waals surface area contributed by atoms with Crippen LogP contribution in [0.5, 0.6) is 0 Å². The molecule has 0 spiro atoms. The van der Waals surface area contributed by atoms with Gasteiger partial charge >= 0.3 is 0 Å². The smallest absolute Gasteiger partial charge is 0.246 e. The number of amides is 5. The molecule has 1 rings (SSSR count). The standard InChI is InChI=1S/C39H63N5O15/c45-30-35(27-34-7-3-1-4-8-34)43-38(50)29-41-37(49)28-42-39(51)31-59-26-25-58-24-23-57-22-21-56-20-19-55-18-17-54-16-15-53-14-13-52-12-10-40-36(48)9-5-2-6-11-44(32-46)33-47/h1,3-4,7-8,32,47H,2,5-6,9-29,31,33H2,(H,40,48)(H,41,49)(H,42,51)(H,43,50). The minimum Gasteiger partial charge on any atom is -0.377 e. The number of nitrogens with one attached hydrogen (secondary N) is 4. The van der Waals surface area contributed by atoms with Crippen LogP contribution in [0.4, 0.5) is 0 Å². The number of carbonyl (C=O) groups excluding carboxylic acids is 6. The first-order chi connectivity index (χ1) is 28.9. The van der Waals surface area contributed by atoms with Gasteiger partial charge in [0.05, 0.1) is 112 Å². The van der Waals surface area contributed by atoms with Gasteiger partial charge in [-0.15, -0.1) is 0 Å². The molecule has 0 bridgehead atoms. The molecule has 59 heavy (non-hydrogen) atoms. The Bertz CT molecular complexity index is 1300. The van der Waals surface area contributed by atoms with Crippen molar-refractivity contribution in [1.29, 1.82) is 0 Å². The van der Waals surface area contributed by atoms with Gasteiger partial charge in [-0.2, -0.15) is 0 Å². The van der Waals surface area contributed by atoms with Gasteiger partial charge in [-0.1, -0.05) is 36.8 Å². The number of hydrogen-bond acceptors (Lipinski definition) is 15. The fourth-order valence-electron chi connectivity index (χ4n) is 4.58. The van der Waals surface area contributed by atoms with E-state index < -0.39 is 17.7 Å². The summed E-state index contributed by atoms with van der Waals surface area (Å²) in [6.07, 6.45) is 3.47. The van der Waals surface area contributed by atoms with E-state index in [0.29, 0.717) is 112 Å². The molecule has 0 radical (unpaired) electrons. The lowest BCUT2D eigenvalue weighted by Crippen LogP contribution is -2.42. The van der Waals surface area contributed by atoms with Crippen LogP contribution in [0.15, 0.2) is 36.0 Å². The van der Waals surface area contributed by atoms with Crippen molar-refractivity contribution < 1.29 is 71.8 Å². The maximum Gasteiger partial charge on any atom is 0.246 e. The number of hydrogen-bond donors (Lipinski definition) is 5. The van der Waals surface area contributed by atoms with Crippen LogP contribution in [0, 0.1) is 0 Å². The number of benzene rings is 1. The van der Waals surface area contributed by atoms with Gasteiger partial charge in [0, 0.05) is 25.9 Å². The molecule has 1 aromatic rings. The lowest BCUT2D eigenvalue weighted by atomic mass is 10.1. The van der Waals surface area contributed by atoms with Crippen LogP contribution in [0.25, 0.3) is 0 Å². The molecule has 0 aliphatic carbocycles. The quantitative estimate of drug-likeness (QED) is 0.0218. The number of rotatable bonds is 41. The van der Waals surface area contributed by atoms with Gasteiger partial charge in [-0.05, 0) is 18.4 Å². The number of allylic oxidation sites excluding steroid dienone is 1. The Morgan fingerprint density at radius 3 is 1.59 bits per heavy atom. The Hall–Kier alpha value is -4.34. The molecule has 0 saturated carbocycles. The molecule has 0 fully saturated rings. The fourth-order valence-corrected chi connectivity index (χ4v) is 4.58. The molecule has 0 aliphatic heterocycles. The molecule has 0 unspecified atom stereocenters. The Labute approximate surface area is 345 Å². The molecular weight excluding hydrogens is 778 g/mol. The second kappa shape index (κ2) is 39.1. The predicted molar refractivity (Wildman–Crippen MR) is 211 cm³/mol. The molecule has 5 amide bonds. The van der Waals surface area contributed by atoms with E-state index in [-0.39, 0.29) is 57.7 Å². The molecule has 20 nitrogen and oxygen atoms in total. The third kappa shape index (κ3) is 34.3. The van der Waals surface area contributed by atoms with Crippen LogP contribution >= 0.6 is 0 Å². The highest BCUT2D eigenvalue weighted by Gasteiger charge is 2.10. The fraction of sp³-hybridized carbons (Fsp3) is 0.667. The van der Waals surface area contributed by atoms with E-state index >= 15 is 0 Å². The van der Waals surface area contributed by atoms with Gasteiger partial charge in [0.1, 0.15) is 25.0 Å². The van der Waals surface area contributed by atoms with E-state index in [1.165, 1.54) is 4.90 Å². The number of aliphatic hydroxyl groups is 1.